The largest absolute Gasteiger partial charge is 0.516 e. The molecule has 0 aliphatic heterocycles. The zero-order valence-corrected chi connectivity index (χ0v) is 16.8. The van der Waals surface area contributed by atoms with E-state index in [9.17, 15) is 14.4 Å². The van der Waals surface area contributed by atoms with E-state index >= 15 is 0 Å². The van der Waals surface area contributed by atoms with E-state index in [0.29, 0.717) is 0 Å². The summed E-state index contributed by atoms with van der Waals surface area (Å²) in [5.41, 5.74) is 2.70. The molecule has 0 aromatic heterocycles. The van der Waals surface area contributed by atoms with Crippen LogP contribution in [0.25, 0.3) is 0 Å². The van der Waals surface area contributed by atoms with E-state index in [4.69, 9.17) is 19.9 Å². The second kappa shape index (κ2) is 8.03. The maximum atomic E-state index is 12.5. The fraction of sp³-hybridized carbons (Fsp3) is 0.824. The van der Waals surface area contributed by atoms with Crippen LogP contribution in [0.1, 0.15) is 61.8 Å². The van der Waals surface area contributed by atoms with Crippen molar-refractivity contribution < 1.29 is 28.6 Å². The molecule has 0 rings (SSSR count). The van der Waals surface area contributed by atoms with Crippen molar-refractivity contribution in [2.24, 2.45) is 11.7 Å². The quantitative estimate of drug-likeness (QED) is 0.466. The number of rotatable bonds is 4. The number of carbonyl (C=O) groups excluding carboxylic acids is 3. The first-order chi connectivity index (χ1) is 11.0. The Balaban J connectivity index is 5.40. The van der Waals surface area contributed by atoms with Crippen LogP contribution in [-0.2, 0) is 19.0 Å². The first-order valence-electron chi connectivity index (χ1n) is 8.19. The number of hydrogen-bond acceptors (Lipinski definition) is 7. The summed E-state index contributed by atoms with van der Waals surface area (Å²) in [6, 6.07) is 0. The molecular formula is C17H32N2O6. The van der Waals surface area contributed by atoms with Crippen molar-refractivity contribution in [2.75, 3.05) is 7.05 Å². The van der Waals surface area contributed by atoms with Gasteiger partial charge in [0.25, 0.3) is 0 Å². The third-order valence-corrected chi connectivity index (χ3v) is 2.90. The Morgan fingerprint density at radius 3 is 1.76 bits per heavy atom. The minimum atomic E-state index is -1.87. The lowest BCUT2D eigenvalue weighted by atomic mass is 9.97. The highest BCUT2D eigenvalue weighted by atomic mass is 16.7. The molecule has 2 N–H and O–H groups in total. The number of amides is 1. The molecule has 8 nitrogen and oxygen atoms in total. The predicted molar refractivity (Wildman–Crippen MR) is 92.7 cm³/mol. The molecule has 0 heterocycles. The molecule has 25 heavy (non-hydrogen) atoms. The zero-order chi connectivity index (χ0) is 20.2. The molecule has 0 aromatic carbocycles. The average molecular weight is 360 g/mol. The lowest BCUT2D eigenvalue weighted by Gasteiger charge is -2.37. The van der Waals surface area contributed by atoms with E-state index in [1.807, 2.05) is 13.8 Å². The van der Waals surface area contributed by atoms with Crippen molar-refractivity contribution in [1.82, 2.24) is 4.90 Å². The molecule has 0 saturated heterocycles. The summed E-state index contributed by atoms with van der Waals surface area (Å²) in [7, 11) is 1.33. The summed E-state index contributed by atoms with van der Waals surface area (Å²) < 4.78 is 14.9. The van der Waals surface area contributed by atoms with E-state index < -0.39 is 35.1 Å². The molecule has 0 aromatic rings. The van der Waals surface area contributed by atoms with E-state index in [-0.39, 0.29) is 12.3 Å². The summed E-state index contributed by atoms with van der Waals surface area (Å²) >= 11 is 0. The average Bonchev–Trinajstić information content (AvgIpc) is 2.31. The minimum absolute atomic E-state index is 0.0546. The maximum Gasteiger partial charge on any atom is 0.516 e. The first-order valence-corrected chi connectivity index (χ1v) is 8.19. The summed E-state index contributed by atoms with van der Waals surface area (Å²) in [4.78, 5) is 37.5. The van der Waals surface area contributed by atoms with Crippen molar-refractivity contribution in [3.63, 3.8) is 0 Å². The summed E-state index contributed by atoms with van der Waals surface area (Å²) in [5.74, 6) is -1.13. The van der Waals surface area contributed by atoms with Gasteiger partial charge in [-0.25, -0.2) is 14.4 Å². The van der Waals surface area contributed by atoms with Gasteiger partial charge >= 0.3 is 18.2 Å². The van der Waals surface area contributed by atoms with Crippen LogP contribution in [0.5, 0.6) is 0 Å². The summed E-state index contributed by atoms with van der Waals surface area (Å²) in [6.45, 7) is 13.6. The number of carbonyl (C=O) groups is 3. The zero-order valence-electron chi connectivity index (χ0n) is 16.8. The van der Waals surface area contributed by atoms with Crippen LogP contribution in [0, 0.1) is 5.92 Å². The monoisotopic (exact) mass is 360 g/mol. The number of esters is 1. The molecular weight excluding hydrogens is 328 g/mol. The maximum absolute atomic E-state index is 12.5. The van der Waals surface area contributed by atoms with Gasteiger partial charge in [0.15, 0.2) is 5.66 Å². The lowest BCUT2D eigenvalue weighted by molar-refractivity contribution is -0.155. The van der Waals surface area contributed by atoms with Gasteiger partial charge in [-0.05, 0) is 53.9 Å². The standard InChI is InChI=1S/C17H32N2O6/c1-11(2)10-17(18,19(9)13(21)24-15(3,4)5)12(20)23-14(22)25-16(6,7)8/h11H,10,18H2,1-9H3/t17-/m0/s1. The molecule has 146 valence electrons. The number of nitrogens with two attached hydrogens (primary N) is 1. The Labute approximate surface area is 150 Å². The van der Waals surface area contributed by atoms with Gasteiger partial charge in [-0.2, -0.15) is 0 Å². The van der Waals surface area contributed by atoms with Gasteiger partial charge in [-0.1, -0.05) is 13.8 Å². The van der Waals surface area contributed by atoms with Crippen molar-refractivity contribution in [1.29, 1.82) is 0 Å². The first kappa shape index (κ1) is 23.2. The highest BCUT2D eigenvalue weighted by molar-refractivity contribution is 5.91. The van der Waals surface area contributed by atoms with Gasteiger partial charge in [0.2, 0.25) is 0 Å². The molecule has 0 saturated carbocycles. The van der Waals surface area contributed by atoms with Crippen LogP contribution in [0.15, 0.2) is 0 Å². The Bertz CT molecular complexity index is 504. The Morgan fingerprint density at radius 1 is 0.960 bits per heavy atom. The van der Waals surface area contributed by atoms with Crippen molar-refractivity contribution in [2.45, 2.75) is 78.7 Å². The van der Waals surface area contributed by atoms with Gasteiger partial charge in [0, 0.05) is 7.05 Å². The van der Waals surface area contributed by atoms with Crippen LogP contribution < -0.4 is 5.73 Å². The molecule has 0 spiro atoms. The lowest BCUT2D eigenvalue weighted by Crippen LogP contribution is -2.64. The van der Waals surface area contributed by atoms with E-state index in [0.717, 1.165) is 4.90 Å². The summed E-state index contributed by atoms with van der Waals surface area (Å²) in [6.07, 6.45) is -1.89. The molecule has 1 amide bonds. The molecule has 0 aliphatic carbocycles. The van der Waals surface area contributed by atoms with Gasteiger partial charge in [-0.15, -0.1) is 0 Å². The molecule has 0 radical (unpaired) electrons. The molecule has 0 unspecified atom stereocenters. The highest BCUT2D eigenvalue weighted by Crippen LogP contribution is 2.23. The smallest absolute Gasteiger partial charge is 0.444 e. The van der Waals surface area contributed by atoms with Gasteiger partial charge < -0.3 is 14.2 Å². The SMILES string of the molecule is CC(C)C[C@@](N)(C(=O)OC(=O)OC(C)(C)C)N(C)C(=O)OC(C)(C)C. The van der Waals surface area contributed by atoms with E-state index in [2.05, 4.69) is 0 Å². The van der Waals surface area contributed by atoms with E-state index in [1.165, 1.54) is 7.05 Å². The topological polar surface area (TPSA) is 108 Å². The second-order valence-electron chi connectivity index (χ2n) is 8.42. The predicted octanol–water partition coefficient (Wildman–Crippen LogP) is 3.03. The third kappa shape index (κ3) is 8.20. The normalized spacial score (nSPS) is 14.5. The second-order valence-corrected chi connectivity index (χ2v) is 8.42. The van der Waals surface area contributed by atoms with Crippen molar-refractivity contribution in [3.8, 4) is 0 Å². The van der Waals surface area contributed by atoms with Crippen molar-refractivity contribution in [3.05, 3.63) is 0 Å². The fourth-order valence-electron chi connectivity index (χ4n) is 1.91. The Morgan fingerprint density at radius 2 is 1.40 bits per heavy atom. The van der Waals surface area contributed by atoms with E-state index in [1.54, 1.807) is 41.5 Å². The third-order valence-electron chi connectivity index (χ3n) is 2.90. The molecule has 0 aliphatic rings. The van der Waals surface area contributed by atoms with Gasteiger partial charge in [0.1, 0.15) is 11.2 Å². The number of nitrogens with zero attached hydrogens (tertiary/aromatic N) is 1. The van der Waals surface area contributed by atoms with Gasteiger partial charge in [0.05, 0.1) is 0 Å². The molecule has 0 fully saturated rings. The molecule has 0 bridgehead atoms. The number of ether oxygens (including phenoxy) is 3. The fourth-order valence-corrected chi connectivity index (χ4v) is 1.91. The van der Waals surface area contributed by atoms with Gasteiger partial charge in [-0.3, -0.25) is 10.6 Å². The van der Waals surface area contributed by atoms with Crippen LogP contribution in [0.2, 0.25) is 0 Å². The number of hydrogen-bond donors (Lipinski definition) is 1. The van der Waals surface area contributed by atoms with Crippen LogP contribution >= 0.6 is 0 Å². The van der Waals surface area contributed by atoms with Crippen LogP contribution in [-0.4, -0.2) is 47.0 Å². The minimum Gasteiger partial charge on any atom is -0.444 e. The Hall–Kier alpha value is -1.83. The van der Waals surface area contributed by atoms with Crippen molar-refractivity contribution >= 4 is 18.2 Å². The summed E-state index contributed by atoms with van der Waals surface area (Å²) in [5, 5.41) is 0. The molecule has 8 heteroatoms. The number of likely N-dealkylation sites (N-methyl/N-ethyl adjacent to an activating group) is 1. The van der Waals surface area contributed by atoms with Crippen LogP contribution in [0.3, 0.4) is 0 Å². The highest BCUT2D eigenvalue weighted by Gasteiger charge is 2.46. The molecule has 1 atom stereocenters. The van der Waals surface area contributed by atoms with Crippen LogP contribution in [0.4, 0.5) is 9.59 Å². The Kier molecular flexibility index (Phi) is 7.44.